The van der Waals surface area contributed by atoms with Crippen molar-refractivity contribution in [3.05, 3.63) is 5.21 Å². The average molecular weight is 240 g/mol. The maximum absolute atomic E-state index is 11.5. The minimum Gasteiger partial charge on any atom is -0.600 e. The molecule has 2 N–H and O–H groups in total. The Bertz CT molecular complexity index is 319. The first-order valence-electron chi connectivity index (χ1n) is 6.95. The quantitative estimate of drug-likeness (QED) is 0.667. The van der Waals surface area contributed by atoms with Gasteiger partial charge in [0.05, 0.1) is 6.04 Å². The number of rotatable bonds is 1. The summed E-state index contributed by atoms with van der Waals surface area (Å²) in [4.78, 5) is 2.46. The van der Waals surface area contributed by atoms with E-state index in [0.29, 0.717) is 11.5 Å². The van der Waals surface area contributed by atoms with Crippen LogP contribution in [0.4, 0.5) is 0 Å². The molecule has 3 rings (SSSR count). The summed E-state index contributed by atoms with van der Waals surface area (Å²) in [6, 6.07) is 0.201. The zero-order valence-corrected chi connectivity index (χ0v) is 10.9. The Morgan fingerprint density at radius 1 is 1.24 bits per heavy atom. The summed E-state index contributed by atoms with van der Waals surface area (Å²) < 4.78 is 0. The van der Waals surface area contributed by atoms with E-state index in [4.69, 9.17) is 0 Å². The molecule has 2 aliphatic heterocycles. The summed E-state index contributed by atoms with van der Waals surface area (Å²) in [6.45, 7) is 6.85. The largest absolute Gasteiger partial charge is 0.600 e. The molecule has 2 heterocycles. The first-order valence-corrected chi connectivity index (χ1v) is 6.95. The van der Waals surface area contributed by atoms with Crippen LogP contribution in [0.3, 0.4) is 0 Å². The molecule has 1 spiro atoms. The van der Waals surface area contributed by atoms with Crippen LogP contribution in [0.2, 0.25) is 0 Å². The Kier molecular flexibility index (Phi) is 2.57. The molecule has 1 unspecified atom stereocenters. The third kappa shape index (κ3) is 1.44. The molecule has 0 bridgehead atoms. The van der Waals surface area contributed by atoms with Crippen LogP contribution < -0.4 is 5.23 Å². The molecule has 3 fully saturated rings. The molecular weight excluding hydrogens is 216 g/mol. The highest BCUT2D eigenvalue weighted by Gasteiger charge is 2.63. The van der Waals surface area contributed by atoms with Crippen molar-refractivity contribution >= 4 is 0 Å². The van der Waals surface area contributed by atoms with Crippen molar-refractivity contribution in [1.82, 2.24) is 4.90 Å². The maximum atomic E-state index is 11.5. The number of nitrogens with one attached hydrogen (secondary N) is 1. The lowest BCUT2D eigenvalue weighted by molar-refractivity contribution is -1.07. The van der Waals surface area contributed by atoms with Crippen LogP contribution in [0.1, 0.15) is 46.0 Å². The molecule has 0 aromatic carbocycles. The highest BCUT2D eigenvalue weighted by Crippen LogP contribution is 2.61. The summed E-state index contributed by atoms with van der Waals surface area (Å²) >= 11 is 0. The zero-order chi connectivity index (χ0) is 12.3. The molecule has 4 nitrogen and oxygen atoms in total. The smallest absolute Gasteiger partial charge is 0.134 e. The van der Waals surface area contributed by atoms with Crippen molar-refractivity contribution in [2.45, 2.75) is 58.0 Å². The van der Waals surface area contributed by atoms with E-state index in [-0.39, 0.29) is 11.5 Å². The second kappa shape index (κ2) is 3.67. The molecule has 0 amide bonds. The number of quaternary nitrogens is 1. The van der Waals surface area contributed by atoms with Gasteiger partial charge in [-0.3, -0.25) is 4.90 Å². The van der Waals surface area contributed by atoms with Crippen LogP contribution in [-0.4, -0.2) is 35.3 Å². The minimum absolute atomic E-state index is 0.116. The lowest BCUT2D eigenvalue weighted by atomic mass is 9.62. The van der Waals surface area contributed by atoms with Gasteiger partial charge >= 0.3 is 0 Å². The van der Waals surface area contributed by atoms with Crippen LogP contribution in [0.25, 0.3) is 0 Å². The lowest BCUT2D eigenvalue weighted by Gasteiger charge is -2.45. The van der Waals surface area contributed by atoms with Crippen molar-refractivity contribution in [3.8, 4) is 0 Å². The fourth-order valence-electron chi connectivity index (χ4n) is 5.04. The van der Waals surface area contributed by atoms with Gasteiger partial charge in [-0.25, -0.2) is 10.4 Å². The number of hydrogen-bond acceptors (Lipinski definition) is 3. The monoisotopic (exact) mass is 240 g/mol. The predicted octanol–water partition coefficient (Wildman–Crippen LogP) is 0.801. The third-order valence-electron chi connectivity index (χ3n) is 6.00. The topological polar surface area (TPSA) is 51.0 Å². The summed E-state index contributed by atoms with van der Waals surface area (Å²) in [5, 5.41) is 20.3. The van der Waals surface area contributed by atoms with Gasteiger partial charge in [0.25, 0.3) is 0 Å². The first kappa shape index (κ1) is 11.9. The van der Waals surface area contributed by atoms with Crippen molar-refractivity contribution in [1.29, 1.82) is 0 Å². The molecule has 3 aliphatic rings. The third-order valence-corrected chi connectivity index (χ3v) is 6.00. The lowest BCUT2D eigenvalue weighted by Crippen LogP contribution is -3.10. The van der Waals surface area contributed by atoms with E-state index in [0.717, 1.165) is 19.5 Å². The average Bonchev–Trinajstić information content (AvgIpc) is 2.84. The molecule has 4 heteroatoms. The maximum Gasteiger partial charge on any atom is 0.134 e. The number of nitrogens with zero attached hydrogens (tertiary/aromatic N) is 1. The van der Waals surface area contributed by atoms with Crippen LogP contribution in [-0.2, 0) is 0 Å². The van der Waals surface area contributed by atoms with Gasteiger partial charge in [-0.1, -0.05) is 20.3 Å². The molecule has 0 aromatic heterocycles. The van der Waals surface area contributed by atoms with Gasteiger partial charge in [0.1, 0.15) is 6.04 Å². The van der Waals surface area contributed by atoms with E-state index >= 15 is 0 Å². The second-order valence-corrected chi connectivity index (χ2v) is 6.86. The van der Waals surface area contributed by atoms with Gasteiger partial charge in [0, 0.05) is 13.0 Å². The SMILES string of the molecule is CC1(C)CCC[C@]12CCN1CC[C@H]([NH+]([O-])O)[C@H]12. The minimum atomic E-state index is -0.568. The Hall–Kier alpha value is -0.160. The molecule has 1 saturated carbocycles. The Balaban J connectivity index is 1.96. The van der Waals surface area contributed by atoms with E-state index in [1.807, 2.05) is 0 Å². The summed E-state index contributed by atoms with van der Waals surface area (Å²) in [5.74, 6) is 0. The van der Waals surface area contributed by atoms with Gasteiger partial charge in [-0.05, 0) is 36.6 Å². The highest BCUT2D eigenvalue weighted by molar-refractivity contribution is 5.13. The first-order chi connectivity index (χ1) is 7.98. The van der Waals surface area contributed by atoms with Gasteiger partial charge in [0.15, 0.2) is 0 Å². The molecule has 1 aliphatic carbocycles. The van der Waals surface area contributed by atoms with Crippen LogP contribution in [0.15, 0.2) is 0 Å². The van der Waals surface area contributed by atoms with E-state index in [2.05, 4.69) is 18.7 Å². The summed E-state index contributed by atoms with van der Waals surface area (Å²) in [6.07, 6.45) is 5.87. The summed E-state index contributed by atoms with van der Waals surface area (Å²) in [5.41, 5.74) is 0.608. The standard InChI is InChI=1S/C13H24N2O2/c1-12(2)5-3-6-13(12)7-9-14-8-4-10(11(13)14)15(16)17/h10-11,15-16H,3-9H2,1-2H3/t10-,11-,13+/m0/s1. The fourth-order valence-corrected chi connectivity index (χ4v) is 5.04. The Morgan fingerprint density at radius 2 is 2.00 bits per heavy atom. The van der Waals surface area contributed by atoms with Crippen LogP contribution in [0.5, 0.6) is 0 Å². The molecular formula is C13H24N2O2. The predicted molar refractivity (Wildman–Crippen MR) is 64.6 cm³/mol. The van der Waals surface area contributed by atoms with Crippen molar-refractivity contribution in [2.75, 3.05) is 13.1 Å². The van der Waals surface area contributed by atoms with Gasteiger partial charge < -0.3 is 5.21 Å². The molecule has 98 valence electrons. The molecule has 17 heavy (non-hydrogen) atoms. The van der Waals surface area contributed by atoms with Crippen LogP contribution in [0, 0.1) is 16.0 Å². The fraction of sp³-hybridized carbons (Fsp3) is 1.00. The normalized spacial score (nSPS) is 46.6. The zero-order valence-electron chi connectivity index (χ0n) is 10.9. The van der Waals surface area contributed by atoms with Crippen molar-refractivity contribution < 1.29 is 10.4 Å². The van der Waals surface area contributed by atoms with E-state index < -0.39 is 5.23 Å². The van der Waals surface area contributed by atoms with Crippen LogP contribution >= 0.6 is 0 Å². The van der Waals surface area contributed by atoms with E-state index in [1.165, 1.54) is 25.7 Å². The van der Waals surface area contributed by atoms with Gasteiger partial charge in [-0.2, -0.15) is 0 Å². The number of fused-ring (bicyclic) bond motifs is 2. The van der Waals surface area contributed by atoms with E-state index in [9.17, 15) is 10.4 Å². The molecule has 2 saturated heterocycles. The second-order valence-electron chi connectivity index (χ2n) is 6.86. The molecule has 0 radical (unpaired) electrons. The van der Waals surface area contributed by atoms with Gasteiger partial charge in [-0.15, -0.1) is 0 Å². The summed E-state index contributed by atoms with van der Waals surface area (Å²) in [7, 11) is 0. The van der Waals surface area contributed by atoms with E-state index in [1.54, 1.807) is 0 Å². The Morgan fingerprint density at radius 3 is 2.59 bits per heavy atom. The molecule has 4 atom stereocenters. The Labute approximate surface area is 103 Å². The number of hydrogen-bond donors (Lipinski definition) is 2. The van der Waals surface area contributed by atoms with Gasteiger partial charge in [0.2, 0.25) is 0 Å². The highest BCUT2D eigenvalue weighted by atomic mass is 16.8. The number of hydroxylamine groups is 2. The van der Waals surface area contributed by atoms with Crippen molar-refractivity contribution in [2.24, 2.45) is 10.8 Å². The molecule has 0 aromatic rings. The van der Waals surface area contributed by atoms with Crippen molar-refractivity contribution in [3.63, 3.8) is 0 Å².